The second-order valence-electron chi connectivity index (χ2n) is 5.11. The second-order valence-corrected chi connectivity index (χ2v) is 5.11. The minimum atomic E-state index is -0.882. The highest BCUT2D eigenvalue weighted by Gasteiger charge is 2.08. The maximum absolute atomic E-state index is 10.9. The maximum Gasteiger partial charge on any atom is 0.335 e. The van der Waals surface area contributed by atoms with Gasteiger partial charge in [-0.05, 0) is 36.2 Å². The van der Waals surface area contributed by atoms with Gasteiger partial charge in [0.2, 0.25) is 0 Å². The molecule has 0 aliphatic heterocycles. The summed E-state index contributed by atoms with van der Waals surface area (Å²) in [5.41, 5.74) is 2.66. The van der Waals surface area contributed by atoms with Crippen LogP contribution in [0.1, 0.15) is 35.7 Å². The fraction of sp³-hybridized carbons (Fsp3) is 0.278. The highest BCUT2D eigenvalue weighted by molar-refractivity contribution is 5.87. The van der Waals surface area contributed by atoms with Crippen molar-refractivity contribution >= 4 is 11.7 Å². The SMILES string of the molecule is CCCCN(Cc1ccc(C(=O)O)cc1)c1ccccc1. The van der Waals surface area contributed by atoms with Crippen molar-refractivity contribution in [2.45, 2.75) is 26.3 Å². The summed E-state index contributed by atoms with van der Waals surface area (Å²) in [5, 5.41) is 8.94. The lowest BCUT2D eigenvalue weighted by molar-refractivity contribution is 0.0697. The van der Waals surface area contributed by atoms with Gasteiger partial charge in [0.25, 0.3) is 0 Å². The van der Waals surface area contributed by atoms with E-state index in [1.165, 1.54) is 5.69 Å². The molecule has 2 rings (SSSR count). The van der Waals surface area contributed by atoms with E-state index in [4.69, 9.17) is 5.11 Å². The first-order valence-electron chi connectivity index (χ1n) is 7.33. The summed E-state index contributed by atoms with van der Waals surface area (Å²) in [4.78, 5) is 13.2. The highest BCUT2D eigenvalue weighted by Crippen LogP contribution is 2.18. The van der Waals surface area contributed by atoms with Gasteiger partial charge in [-0.15, -0.1) is 0 Å². The van der Waals surface area contributed by atoms with Gasteiger partial charge in [0.15, 0.2) is 0 Å². The monoisotopic (exact) mass is 283 g/mol. The molecule has 0 aliphatic rings. The molecule has 0 saturated carbocycles. The van der Waals surface area contributed by atoms with Gasteiger partial charge in [-0.2, -0.15) is 0 Å². The number of benzene rings is 2. The van der Waals surface area contributed by atoms with Crippen molar-refractivity contribution in [3.8, 4) is 0 Å². The van der Waals surface area contributed by atoms with E-state index < -0.39 is 5.97 Å². The van der Waals surface area contributed by atoms with Crippen LogP contribution in [0, 0.1) is 0 Å². The molecule has 0 radical (unpaired) electrons. The molecule has 3 heteroatoms. The average molecular weight is 283 g/mol. The zero-order valence-corrected chi connectivity index (χ0v) is 12.3. The van der Waals surface area contributed by atoms with Crippen molar-refractivity contribution < 1.29 is 9.90 Å². The topological polar surface area (TPSA) is 40.5 Å². The number of unbranched alkanes of at least 4 members (excludes halogenated alkanes) is 1. The number of rotatable bonds is 7. The Morgan fingerprint density at radius 2 is 1.71 bits per heavy atom. The number of carboxylic acid groups (broad SMARTS) is 1. The molecule has 21 heavy (non-hydrogen) atoms. The number of hydrogen-bond acceptors (Lipinski definition) is 2. The molecular formula is C18H21NO2. The van der Waals surface area contributed by atoms with E-state index in [2.05, 4.69) is 24.0 Å². The highest BCUT2D eigenvalue weighted by atomic mass is 16.4. The molecule has 1 N–H and O–H groups in total. The average Bonchev–Trinajstić information content (AvgIpc) is 2.52. The van der Waals surface area contributed by atoms with Crippen LogP contribution in [-0.4, -0.2) is 17.6 Å². The fourth-order valence-electron chi connectivity index (χ4n) is 2.26. The molecule has 0 unspecified atom stereocenters. The van der Waals surface area contributed by atoms with Crippen LogP contribution in [0.4, 0.5) is 5.69 Å². The Hall–Kier alpha value is -2.29. The molecule has 0 aromatic heterocycles. The van der Waals surface area contributed by atoms with E-state index in [9.17, 15) is 4.79 Å². The molecule has 2 aromatic rings. The second kappa shape index (κ2) is 7.48. The van der Waals surface area contributed by atoms with Gasteiger partial charge in [-0.25, -0.2) is 4.79 Å². The zero-order valence-electron chi connectivity index (χ0n) is 12.3. The number of para-hydroxylation sites is 1. The minimum Gasteiger partial charge on any atom is -0.478 e. The third kappa shape index (κ3) is 4.35. The molecule has 0 bridgehead atoms. The summed E-state index contributed by atoms with van der Waals surface area (Å²) in [6.45, 7) is 3.98. The zero-order chi connectivity index (χ0) is 15.1. The quantitative estimate of drug-likeness (QED) is 0.828. The molecular weight excluding hydrogens is 262 g/mol. The molecule has 2 aromatic carbocycles. The number of nitrogens with zero attached hydrogens (tertiary/aromatic N) is 1. The first-order chi connectivity index (χ1) is 10.2. The Morgan fingerprint density at radius 1 is 1.05 bits per heavy atom. The molecule has 0 fully saturated rings. The summed E-state index contributed by atoms with van der Waals surface area (Å²) in [5.74, 6) is -0.882. The van der Waals surface area contributed by atoms with Gasteiger partial charge in [0, 0.05) is 18.8 Å². The maximum atomic E-state index is 10.9. The van der Waals surface area contributed by atoms with Crippen molar-refractivity contribution in [2.75, 3.05) is 11.4 Å². The van der Waals surface area contributed by atoms with Crippen molar-refractivity contribution in [2.24, 2.45) is 0 Å². The Balaban J connectivity index is 2.12. The van der Waals surface area contributed by atoms with Gasteiger partial charge in [0.05, 0.1) is 5.56 Å². The van der Waals surface area contributed by atoms with Crippen LogP contribution in [0.3, 0.4) is 0 Å². The van der Waals surface area contributed by atoms with Crippen LogP contribution in [0.2, 0.25) is 0 Å². The summed E-state index contributed by atoms with van der Waals surface area (Å²) in [7, 11) is 0. The number of anilines is 1. The van der Waals surface area contributed by atoms with Gasteiger partial charge < -0.3 is 10.0 Å². The Bertz CT molecular complexity index is 564. The predicted molar refractivity (Wildman–Crippen MR) is 85.8 cm³/mol. The molecule has 0 amide bonds. The van der Waals surface area contributed by atoms with Gasteiger partial charge in [-0.3, -0.25) is 0 Å². The van der Waals surface area contributed by atoms with Crippen LogP contribution in [0.15, 0.2) is 54.6 Å². The molecule has 0 heterocycles. The van der Waals surface area contributed by atoms with Crippen LogP contribution in [-0.2, 0) is 6.54 Å². The predicted octanol–water partition coefficient (Wildman–Crippen LogP) is 4.19. The van der Waals surface area contributed by atoms with E-state index in [-0.39, 0.29) is 0 Å². The Kier molecular flexibility index (Phi) is 5.38. The van der Waals surface area contributed by atoms with Gasteiger partial charge in [0.1, 0.15) is 0 Å². The molecule has 110 valence electrons. The number of carbonyl (C=O) groups is 1. The molecule has 0 atom stereocenters. The van der Waals surface area contributed by atoms with Crippen molar-refractivity contribution in [1.29, 1.82) is 0 Å². The van der Waals surface area contributed by atoms with E-state index in [0.29, 0.717) is 5.56 Å². The fourth-order valence-corrected chi connectivity index (χ4v) is 2.26. The van der Waals surface area contributed by atoms with Gasteiger partial charge in [-0.1, -0.05) is 43.7 Å². The third-order valence-electron chi connectivity index (χ3n) is 3.48. The van der Waals surface area contributed by atoms with E-state index in [0.717, 1.165) is 31.5 Å². The largest absolute Gasteiger partial charge is 0.478 e. The van der Waals surface area contributed by atoms with E-state index in [1.807, 2.05) is 30.3 Å². The standard InChI is InChI=1S/C18H21NO2/c1-2-3-13-19(17-7-5-4-6-8-17)14-15-9-11-16(12-10-15)18(20)21/h4-12H,2-3,13-14H2,1H3,(H,20,21). The first-order valence-corrected chi connectivity index (χ1v) is 7.33. The minimum absolute atomic E-state index is 0.332. The summed E-state index contributed by atoms with van der Waals surface area (Å²) in [6.07, 6.45) is 2.30. The van der Waals surface area contributed by atoms with Crippen LogP contribution in [0.5, 0.6) is 0 Å². The molecule has 0 saturated heterocycles. The lowest BCUT2D eigenvalue weighted by Gasteiger charge is -2.25. The van der Waals surface area contributed by atoms with Crippen molar-refractivity contribution in [1.82, 2.24) is 0 Å². The number of carboxylic acids is 1. The smallest absolute Gasteiger partial charge is 0.335 e. The van der Waals surface area contributed by atoms with E-state index in [1.54, 1.807) is 12.1 Å². The Morgan fingerprint density at radius 3 is 2.29 bits per heavy atom. The van der Waals surface area contributed by atoms with Gasteiger partial charge >= 0.3 is 5.97 Å². The molecule has 3 nitrogen and oxygen atoms in total. The lowest BCUT2D eigenvalue weighted by atomic mass is 10.1. The van der Waals surface area contributed by atoms with E-state index >= 15 is 0 Å². The van der Waals surface area contributed by atoms with Crippen molar-refractivity contribution in [3.63, 3.8) is 0 Å². The number of hydrogen-bond donors (Lipinski definition) is 1. The number of aromatic carboxylic acids is 1. The summed E-state index contributed by atoms with van der Waals surface area (Å²) in [6, 6.07) is 17.5. The summed E-state index contributed by atoms with van der Waals surface area (Å²) >= 11 is 0. The van der Waals surface area contributed by atoms with Crippen molar-refractivity contribution in [3.05, 3.63) is 65.7 Å². The first kappa shape index (κ1) is 15.1. The Labute approximate surface area is 125 Å². The molecule has 0 spiro atoms. The third-order valence-corrected chi connectivity index (χ3v) is 3.48. The summed E-state index contributed by atoms with van der Waals surface area (Å²) < 4.78 is 0. The normalized spacial score (nSPS) is 10.3. The van der Waals surface area contributed by atoms with Crippen LogP contribution in [0.25, 0.3) is 0 Å². The molecule has 0 aliphatic carbocycles. The lowest BCUT2D eigenvalue weighted by Crippen LogP contribution is -2.23. The van der Waals surface area contributed by atoms with Crippen LogP contribution >= 0.6 is 0 Å². The van der Waals surface area contributed by atoms with Crippen LogP contribution < -0.4 is 4.90 Å².